The SMILES string of the molecule is COc1ccc([C@H]2Cc3cccc(O)c3C(=O)O2)cc1OC(C)C. The summed E-state index contributed by atoms with van der Waals surface area (Å²) in [4.78, 5) is 12.2. The van der Waals surface area contributed by atoms with Crippen LogP contribution >= 0.6 is 0 Å². The van der Waals surface area contributed by atoms with Gasteiger partial charge in [0.2, 0.25) is 0 Å². The van der Waals surface area contributed by atoms with Gasteiger partial charge in [-0.3, -0.25) is 0 Å². The number of phenols is 1. The third kappa shape index (κ3) is 3.02. The standard InChI is InChI=1S/C19H20O5/c1-11(2)23-17-9-12(7-8-15(17)22-3)16-10-13-5-4-6-14(20)18(13)19(21)24-16/h4-9,11,16,20H,10H2,1-3H3/t16-/m1/s1. The van der Waals surface area contributed by atoms with Crippen molar-refractivity contribution in [3.8, 4) is 17.2 Å². The second kappa shape index (κ2) is 6.43. The zero-order valence-corrected chi connectivity index (χ0v) is 13.9. The van der Waals surface area contributed by atoms with Crippen LogP contribution in [0.2, 0.25) is 0 Å². The van der Waals surface area contributed by atoms with E-state index in [1.165, 1.54) is 6.07 Å². The van der Waals surface area contributed by atoms with Crippen LogP contribution in [0.3, 0.4) is 0 Å². The van der Waals surface area contributed by atoms with Crippen molar-refractivity contribution in [3.05, 3.63) is 53.1 Å². The maximum atomic E-state index is 12.2. The molecular weight excluding hydrogens is 308 g/mol. The number of benzene rings is 2. The lowest BCUT2D eigenvalue weighted by atomic mass is 9.94. The predicted octanol–water partition coefficient (Wildman–Crippen LogP) is 3.64. The van der Waals surface area contributed by atoms with Crippen LogP contribution in [-0.4, -0.2) is 24.3 Å². The molecule has 2 aromatic carbocycles. The molecule has 0 radical (unpaired) electrons. The molecule has 0 saturated heterocycles. The van der Waals surface area contributed by atoms with Crippen molar-refractivity contribution >= 4 is 5.97 Å². The molecule has 1 atom stereocenters. The van der Waals surface area contributed by atoms with E-state index in [1.54, 1.807) is 19.2 Å². The Morgan fingerprint density at radius 3 is 2.71 bits per heavy atom. The number of cyclic esters (lactones) is 1. The summed E-state index contributed by atoms with van der Waals surface area (Å²) < 4.78 is 16.6. The third-order valence-corrected chi connectivity index (χ3v) is 3.91. The monoisotopic (exact) mass is 328 g/mol. The Morgan fingerprint density at radius 1 is 1.21 bits per heavy atom. The molecule has 0 aliphatic carbocycles. The number of carbonyl (C=O) groups excluding carboxylic acids is 1. The Kier molecular flexibility index (Phi) is 4.34. The van der Waals surface area contributed by atoms with E-state index in [9.17, 15) is 9.90 Å². The van der Waals surface area contributed by atoms with Gasteiger partial charge in [-0.2, -0.15) is 0 Å². The van der Waals surface area contributed by atoms with E-state index in [4.69, 9.17) is 14.2 Å². The molecule has 0 fully saturated rings. The van der Waals surface area contributed by atoms with E-state index in [0.29, 0.717) is 17.9 Å². The van der Waals surface area contributed by atoms with Crippen LogP contribution in [0.15, 0.2) is 36.4 Å². The first-order valence-electron chi connectivity index (χ1n) is 7.86. The van der Waals surface area contributed by atoms with Crippen LogP contribution < -0.4 is 9.47 Å². The number of ether oxygens (including phenoxy) is 3. The highest BCUT2D eigenvalue weighted by atomic mass is 16.5. The van der Waals surface area contributed by atoms with Gasteiger partial charge >= 0.3 is 5.97 Å². The molecule has 1 aliphatic rings. The second-order valence-corrected chi connectivity index (χ2v) is 5.99. The highest BCUT2D eigenvalue weighted by Crippen LogP contribution is 2.37. The molecule has 126 valence electrons. The fourth-order valence-electron chi connectivity index (χ4n) is 2.85. The van der Waals surface area contributed by atoms with Crippen LogP contribution in [0.4, 0.5) is 0 Å². The van der Waals surface area contributed by atoms with Crippen LogP contribution in [-0.2, 0) is 11.2 Å². The van der Waals surface area contributed by atoms with Crippen LogP contribution in [0.1, 0.15) is 41.4 Å². The van der Waals surface area contributed by atoms with Gasteiger partial charge in [0.05, 0.1) is 13.2 Å². The number of esters is 1. The lowest BCUT2D eigenvalue weighted by Gasteiger charge is -2.26. The van der Waals surface area contributed by atoms with E-state index in [2.05, 4.69) is 0 Å². The van der Waals surface area contributed by atoms with E-state index >= 15 is 0 Å². The lowest BCUT2D eigenvalue weighted by molar-refractivity contribution is 0.0247. The van der Waals surface area contributed by atoms with Crippen molar-refractivity contribution in [2.75, 3.05) is 7.11 Å². The minimum absolute atomic E-state index is 0.000675. The summed E-state index contributed by atoms with van der Waals surface area (Å²) in [7, 11) is 1.59. The first-order chi connectivity index (χ1) is 11.5. The summed E-state index contributed by atoms with van der Waals surface area (Å²) in [5.74, 6) is 0.686. The van der Waals surface area contributed by atoms with Crippen molar-refractivity contribution in [2.45, 2.75) is 32.5 Å². The van der Waals surface area contributed by atoms with Gasteiger partial charge in [-0.25, -0.2) is 4.79 Å². The number of hydrogen-bond donors (Lipinski definition) is 1. The van der Waals surface area contributed by atoms with Gasteiger partial charge in [0.25, 0.3) is 0 Å². The number of aromatic hydroxyl groups is 1. The quantitative estimate of drug-likeness (QED) is 0.868. The fourth-order valence-corrected chi connectivity index (χ4v) is 2.85. The summed E-state index contributed by atoms with van der Waals surface area (Å²) in [6.45, 7) is 3.87. The van der Waals surface area contributed by atoms with Gasteiger partial charge in [0, 0.05) is 6.42 Å². The molecule has 1 aliphatic heterocycles. The molecule has 3 rings (SSSR count). The second-order valence-electron chi connectivity index (χ2n) is 5.99. The summed E-state index contributed by atoms with van der Waals surface area (Å²) in [6.07, 6.45) is 0.0797. The molecule has 0 unspecified atom stereocenters. The summed E-state index contributed by atoms with van der Waals surface area (Å²) in [6, 6.07) is 10.5. The van der Waals surface area contributed by atoms with Gasteiger partial charge in [0.15, 0.2) is 11.5 Å². The van der Waals surface area contributed by atoms with Crippen molar-refractivity contribution < 1.29 is 24.1 Å². The first-order valence-corrected chi connectivity index (χ1v) is 7.86. The topological polar surface area (TPSA) is 65.0 Å². The molecule has 5 heteroatoms. The van der Waals surface area contributed by atoms with Gasteiger partial charge < -0.3 is 19.3 Å². The Balaban J connectivity index is 1.94. The molecule has 0 amide bonds. The molecular formula is C19H20O5. The molecule has 24 heavy (non-hydrogen) atoms. The van der Waals surface area contributed by atoms with Crippen LogP contribution in [0.25, 0.3) is 0 Å². The summed E-state index contributed by atoms with van der Waals surface area (Å²) >= 11 is 0. The Labute approximate surface area is 140 Å². The number of carbonyl (C=O) groups is 1. The number of fused-ring (bicyclic) bond motifs is 1. The van der Waals surface area contributed by atoms with E-state index in [1.807, 2.05) is 32.0 Å². The minimum Gasteiger partial charge on any atom is -0.507 e. The van der Waals surface area contributed by atoms with Crippen molar-refractivity contribution in [2.24, 2.45) is 0 Å². The van der Waals surface area contributed by atoms with Crippen molar-refractivity contribution in [1.82, 2.24) is 0 Å². The molecule has 0 saturated carbocycles. The number of phenolic OH excluding ortho intramolecular Hbond substituents is 1. The average molecular weight is 328 g/mol. The smallest absolute Gasteiger partial charge is 0.342 e. The minimum atomic E-state index is -0.513. The zero-order chi connectivity index (χ0) is 17.3. The highest BCUT2D eigenvalue weighted by molar-refractivity contribution is 5.95. The van der Waals surface area contributed by atoms with E-state index in [-0.39, 0.29) is 17.4 Å². The normalized spacial score (nSPS) is 16.5. The molecule has 5 nitrogen and oxygen atoms in total. The Morgan fingerprint density at radius 2 is 2.00 bits per heavy atom. The predicted molar refractivity (Wildman–Crippen MR) is 88.7 cm³/mol. The van der Waals surface area contributed by atoms with E-state index < -0.39 is 12.1 Å². The number of methoxy groups -OCH3 is 1. The molecule has 1 heterocycles. The summed E-state index contributed by atoms with van der Waals surface area (Å²) in [5.41, 5.74) is 1.85. The van der Waals surface area contributed by atoms with Gasteiger partial charge in [0.1, 0.15) is 17.4 Å². The average Bonchev–Trinajstić information content (AvgIpc) is 2.54. The van der Waals surface area contributed by atoms with Gasteiger partial charge in [-0.05, 0) is 43.2 Å². The fraction of sp³-hybridized carbons (Fsp3) is 0.316. The van der Waals surface area contributed by atoms with Gasteiger partial charge in [-0.15, -0.1) is 0 Å². The van der Waals surface area contributed by atoms with Crippen LogP contribution in [0, 0.1) is 0 Å². The molecule has 0 bridgehead atoms. The molecule has 0 aromatic heterocycles. The third-order valence-electron chi connectivity index (χ3n) is 3.91. The van der Waals surface area contributed by atoms with Crippen LogP contribution in [0.5, 0.6) is 17.2 Å². The summed E-state index contributed by atoms with van der Waals surface area (Å²) in [5, 5.41) is 9.86. The first kappa shape index (κ1) is 16.2. The maximum absolute atomic E-state index is 12.2. The maximum Gasteiger partial charge on any atom is 0.342 e. The van der Waals surface area contributed by atoms with Crippen molar-refractivity contribution in [3.63, 3.8) is 0 Å². The lowest BCUT2D eigenvalue weighted by Crippen LogP contribution is -2.22. The number of rotatable bonds is 4. The largest absolute Gasteiger partial charge is 0.507 e. The molecule has 2 aromatic rings. The van der Waals surface area contributed by atoms with Crippen molar-refractivity contribution in [1.29, 1.82) is 0 Å². The molecule has 1 N–H and O–H groups in total. The molecule has 0 spiro atoms. The number of hydrogen-bond acceptors (Lipinski definition) is 5. The van der Waals surface area contributed by atoms with Gasteiger partial charge in [-0.1, -0.05) is 18.2 Å². The highest BCUT2D eigenvalue weighted by Gasteiger charge is 2.30. The zero-order valence-electron chi connectivity index (χ0n) is 13.9. The Hall–Kier alpha value is -2.69. The Bertz CT molecular complexity index is 766. The van der Waals surface area contributed by atoms with E-state index in [0.717, 1.165) is 11.1 Å².